The van der Waals surface area contributed by atoms with E-state index in [4.69, 9.17) is 5.11 Å². The lowest BCUT2D eigenvalue weighted by molar-refractivity contribution is -0.120. The Balaban J connectivity index is 2.06. The van der Waals surface area contributed by atoms with E-state index >= 15 is 0 Å². The van der Waals surface area contributed by atoms with E-state index < -0.39 is 12.0 Å². The smallest absolute Gasteiger partial charge is 0.337 e. The molecule has 3 amide bonds. The van der Waals surface area contributed by atoms with Gasteiger partial charge in [-0.3, -0.25) is 15.0 Å². The van der Waals surface area contributed by atoms with Gasteiger partial charge in [0, 0.05) is 37.3 Å². The summed E-state index contributed by atoms with van der Waals surface area (Å²) >= 11 is 0. The molecule has 0 aliphatic carbocycles. The Morgan fingerprint density at radius 2 is 2.10 bits per heavy atom. The van der Waals surface area contributed by atoms with Crippen LogP contribution in [0, 0.1) is 0 Å². The van der Waals surface area contributed by atoms with Crippen molar-refractivity contribution < 1.29 is 19.5 Å². The lowest BCUT2D eigenvalue weighted by Gasteiger charge is -2.26. The van der Waals surface area contributed by atoms with Gasteiger partial charge in [0.25, 0.3) is 0 Å². The number of fused-ring (bicyclic) bond motifs is 1. The zero-order valence-corrected chi connectivity index (χ0v) is 11.3. The maximum Gasteiger partial charge on any atom is 0.337 e. The summed E-state index contributed by atoms with van der Waals surface area (Å²) in [4.78, 5) is 35.6. The van der Waals surface area contributed by atoms with Crippen molar-refractivity contribution in [2.24, 2.45) is 7.05 Å². The third-order valence-corrected chi connectivity index (χ3v) is 3.57. The maximum atomic E-state index is 11.8. The first-order chi connectivity index (χ1) is 9.97. The highest BCUT2D eigenvalue weighted by atomic mass is 16.4. The Morgan fingerprint density at radius 3 is 2.76 bits per heavy atom. The third kappa shape index (κ3) is 2.12. The fraction of sp³-hybridized carbons (Fsp3) is 0.214. The van der Waals surface area contributed by atoms with E-state index in [9.17, 15) is 14.4 Å². The molecule has 1 aromatic heterocycles. The number of urea groups is 1. The van der Waals surface area contributed by atoms with Gasteiger partial charge in [0.15, 0.2) is 0 Å². The van der Waals surface area contributed by atoms with Gasteiger partial charge in [0.2, 0.25) is 5.91 Å². The monoisotopic (exact) mass is 287 g/mol. The van der Waals surface area contributed by atoms with Gasteiger partial charge < -0.3 is 9.67 Å². The summed E-state index contributed by atoms with van der Waals surface area (Å²) in [5.41, 5.74) is 1.57. The molecule has 0 spiro atoms. The average Bonchev–Trinajstić information content (AvgIpc) is 2.76. The number of imide groups is 1. The highest BCUT2D eigenvalue weighted by Crippen LogP contribution is 2.27. The molecular formula is C14H13N3O4. The number of carbonyl (C=O) groups excluding carboxylic acids is 2. The Kier molecular flexibility index (Phi) is 2.90. The minimum absolute atomic E-state index is 0.220. The number of hydrogen-bond acceptors (Lipinski definition) is 3. The minimum atomic E-state index is -0.991. The number of carbonyl (C=O) groups is 3. The summed E-state index contributed by atoms with van der Waals surface area (Å²) in [6, 6.07) is 4.65. The molecule has 0 unspecified atom stereocenters. The summed E-state index contributed by atoms with van der Waals surface area (Å²) in [7, 11) is 1.75. The topological polar surface area (TPSA) is 91.6 Å². The van der Waals surface area contributed by atoms with Crippen LogP contribution in [-0.2, 0) is 11.8 Å². The second kappa shape index (κ2) is 4.62. The summed E-state index contributed by atoms with van der Waals surface area (Å²) in [6.45, 7) is 0.312. The second-order valence-electron chi connectivity index (χ2n) is 4.92. The normalized spacial score (nSPS) is 15.4. The number of aromatic carboxylic acids is 1. The average molecular weight is 287 g/mol. The van der Waals surface area contributed by atoms with Gasteiger partial charge in [0.1, 0.15) is 0 Å². The largest absolute Gasteiger partial charge is 0.478 e. The van der Waals surface area contributed by atoms with Crippen molar-refractivity contribution in [2.45, 2.75) is 6.42 Å². The number of nitrogens with one attached hydrogen (secondary N) is 1. The van der Waals surface area contributed by atoms with Crippen LogP contribution in [0.25, 0.3) is 10.9 Å². The fourth-order valence-electron chi connectivity index (χ4n) is 2.52. The standard InChI is InChI=1S/C14H13N3O4/c1-16-7-10(13(19)20)9-3-2-8(6-11(9)16)17-5-4-12(18)15-14(17)21/h2-3,6-7H,4-5H2,1H3,(H,19,20)(H,15,18,21). The molecule has 1 aromatic carbocycles. The van der Waals surface area contributed by atoms with E-state index in [0.717, 1.165) is 5.52 Å². The Bertz CT molecular complexity index is 778. The van der Waals surface area contributed by atoms with E-state index in [1.54, 1.807) is 29.8 Å². The molecule has 7 heteroatoms. The molecule has 108 valence electrons. The van der Waals surface area contributed by atoms with Gasteiger partial charge in [-0.05, 0) is 18.2 Å². The second-order valence-corrected chi connectivity index (χ2v) is 4.92. The maximum absolute atomic E-state index is 11.8. The van der Waals surface area contributed by atoms with Crippen molar-refractivity contribution in [1.29, 1.82) is 0 Å². The molecule has 1 aliphatic heterocycles. The molecule has 2 heterocycles. The zero-order chi connectivity index (χ0) is 15.1. The van der Waals surface area contributed by atoms with Crippen molar-refractivity contribution in [3.8, 4) is 0 Å². The molecule has 1 saturated heterocycles. The van der Waals surface area contributed by atoms with E-state index in [0.29, 0.717) is 17.6 Å². The van der Waals surface area contributed by atoms with Crippen LogP contribution in [0.3, 0.4) is 0 Å². The van der Waals surface area contributed by atoms with Crippen molar-refractivity contribution >= 4 is 34.5 Å². The van der Waals surface area contributed by atoms with Crippen LogP contribution < -0.4 is 10.2 Å². The van der Waals surface area contributed by atoms with Crippen LogP contribution in [0.15, 0.2) is 24.4 Å². The number of anilines is 1. The molecule has 2 N–H and O–H groups in total. The number of rotatable bonds is 2. The number of nitrogens with zero attached hydrogens (tertiary/aromatic N) is 2. The number of carboxylic acids is 1. The number of amides is 3. The van der Waals surface area contributed by atoms with Gasteiger partial charge in [-0.25, -0.2) is 9.59 Å². The first kappa shape index (κ1) is 13.2. The van der Waals surface area contributed by atoms with Crippen LogP contribution >= 0.6 is 0 Å². The highest BCUT2D eigenvalue weighted by Gasteiger charge is 2.25. The van der Waals surface area contributed by atoms with E-state index in [1.165, 1.54) is 11.1 Å². The Hall–Kier alpha value is -2.83. The number of aromatic nitrogens is 1. The summed E-state index contributed by atoms with van der Waals surface area (Å²) in [5.74, 6) is -1.28. The molecule has 2 aromatic rings. The third-order valence-electron chi connectivity index (χ3n) is 3.57. The van der Waals surface area contributed by atoms with Crippen LogP contribution in [0.5, 0.6) is 0 Å². The lowest BCUT2D eigenvalue weighted by atomic mass is 10.1. The van der Waals surface area contributed by atoms with Gasteiger partial charge in [-0.15, -0.1) is 0 Å². The zero-order valence-electron chi connectivity index (χ0n) is 11.3. The molecular weight excluding hydrogens is 274 g/mol. The molecule has 1 aliphatic rings. The van der Waals surface area contributed by atoms with Crippen molar-refractivity contribution in [3.05, 3.63) is 30.0 Å². The van der Waals surface area contributed by atoms with Gasteiger partial charge in [-0.1, -0.05) is 0 Å². The fourth-order valence-corrected chi connectivity index (χ4v) is 2.52. The van der Waals surface area contributed by atoms with Crippen LogP contribution in [0.4, 0.5) is 10.5 Å². The SMILES string of the molecule is Cn1cc(C(=O)O)c2ccc(N3CCC(=O)NC3=O)cc21. The van der Waals surface area contributed by atoms with Gasteiger partial charge in [0.05, 0.1) is 11.1 Å². The van der Waals surface area contributed by atoms with Gasteiger partial charge >= 0.3 is 12.0 Å². The number of benzene rings is 1. The van der Waals surface area contributed by atoms with E-state index in [-0.39, 0.29) is 17.9 Å². The quantitative estimate of drug-likeness (QED) is 0.871. The Morgan fingerprint density at radius 1 is 1.33 bits per heavy atom. The molecule has 0 atom stereocenters. The van der Waals surface area contributed by atoms with Crippen LogP contribution in [-0.4, -0.2) is 34.1 Å². The van der Waals surface area contributed by atoms with Crippen molar-refractivity contribution in [3.63, 3.8) is 0 Å². The van der Waals surface area contributed by atoms with Crippen molar-refractivity contribution in [2.75, 3.05) is 11.4 Å². The first-order valence-corrected chi connectivity index (χ1v) is 6.41. The van der Waals surface area contributed by atoms with Crippen molar-refractivity contribution in [1.82, 2.24) is 9.88 Å². The summed E-state index contributed by atoms with van der Waals surface area (Å²) < 4.78 is 1.70. The van der Waals surface area contributed by atoms with Gasteiger partial charge in [-0.2, -0.15) is 0 Å². The number of hydrogen-bond donors (Lipinski definition) is 2. The molecule has 0 saturated carbocycles. The van der Waals surface area contributed by atoms with E-state index in [2.05, 4.69) is 5.32 Å². The Labute approximate surface area is 119 Å². The summed E-state index contributed by atoms with van der Waals surface area (Å²) in [6.07, 6.45) is 1.79. The molecule has 3 rings (SSSR count). The highest BCUT2D eigenvalue weighted by molar-refractivity contribution is 6.08. The number of aryl methyl sites for hydroxylation is 1. The van der Waals surface area contributed by atoms with Crippen LogP contribution in [0.2, 0.25) is 0 Å². The summed E-state index contributed by atoms with van der Waals surface area (Å²) in [5, 5.41) is 12.0. The van der Waals surface area contributed by atoms with Crippen LogP contribution in [0.1, 0.15) is 16.8 Å². The van der Waals surface area contributed by atoms with E-state index in [1.807, 2.05) is 0 Å². The molecule has 0 bridgehead atoms. The predicted molar refractivity (Wildman–Crippen MR) is 75.4 cm³/mol. The molecule has 7 nitrogen and oxygen atoms in total. The number of carboxylic acid groups (broad SMARTS) is 1. The molecule has 0 radical (unpaired) electrons. The molecule has 1 fully saturated rings. The minimum Gasteiger partial charge on any atom is -0.478 e. The first-order valence-electron chi connectivity index (χ1n) is 6.41. The lowest BCUT2D eigenvalue weighted by Crippen LogP contribution is -2.49. The molecule has 21 heavy (non-hydrogen) atoms. The predicted octanol–water partition coefficient (Wildman–Crippen LogP) is 1.32.